The van der Waals surface area contributed by atoms with Crippen LogP contribution in [0.2, 0.25) is 0 Å². The second-order valence-corrected chi connectivity index (χ2v) is 14.0. The van der Waals surface area contributed by atoms with Crippen molar-refractivity contribution in [1.29, 1.82) is 0 Å². The van der Waals surface area contributed by atoms with Gasteiger partial charge in [-0.2, -0.15) is 0 Å². The molecule has 1 saturated heterocycles. The van der Waals surface area contributed by atoms with Crippen molar-refractivity contribution in [2.45, 2.75) is 69.5 Å². The fraction of sp³-hybridized carbons (Fsp3) is 0.382. The Bertz CT molecular complexity index is 1470. The molecule has 9 heteroatoms. The van der Waals surface area contributed by atoms with Crippen LogP contribution in [0.3, 0.4) is 0 Å². The van der Waals surface area contributed by atoms with Crippen LogP contribution < -0.4 is 10.1 Å². The Kier molecular flexibility index (Phi) is 8.47. The number of rotatable bonds is 8. The summed E-state index contributed by atoms with van der Waals surface area (Å²) in [5, 5.41) is 12.7. The van der Waals surface area contributed by atoms with Gasteiger partial charge in [0.1, 0.15) is 30.0 Å². The standard InChI is InChI=1S/C34H38N2O6S/c1-33(2,3)42-22-16-14-21(15-17-22)18-28(30(37)36-29(31(38)39)20-43-34(36,4)5)35-32(40)41-19-27-25-12-8-6-10-23(25)24-11-7-9-13-26(24)27/h6-17,27-29H,18-20H2,1-5H3,(H,35,40)(H,38,39)/t28-,29-/m0/s1. The van der Waals surface area contributed by atoms with E-state index in [9.17, 15) is 19.5 Å². The Labute approximate surface area is 256 Å². The average molecular weight is 603 g/mol. The molecular weight excluding hydrogens is 564 g/mol. The minimum absolute atomic E-state index is 0.0996. The first-order valence-corrected chi connectivity index (χ1v) is 15.4. The van der Waals surface area contributed by atoms with Crippen molar-refractivity contribution in [2.24, 2.45) is 0 Å². The van der Waals surface area contributed by atoms with E-state index in [4.69, 9.17) is 9.47 Å². The lowest BCUT2D eigenvalue weighted by atomic mass is 9.98. The predicted octanol–water partition coefficient (Wildman–Crippen LogP) is 6.08. The fourth-order valence-corrected chi connectivity index (χ4v) is 7.05. The third-order valence-electron chi connectivity index (χ3n) is 7.73. The molecule has 3 aromatic carbocycles. The molecule has 2 N–H and O–H groups in total. The van der Waals surface area contributed by atoms with Gasteiger partial charge in [-0.15, -0.1) is 11.8 Å². The number of ether oxygens (including phenoxy) is 2. The van der Waals surface area contributed by atoms with Crippen molar-refractivity contribution >= 4 is 29.7 Å². The molecule has 3 aromatic rings. The number of carboxylic acid groups (broad SMARTS) is 1. The summed E-state index contributed by atoms with van der Waals surface area (Å²) in [5.74, 6) is -0.717. The summed E-state index contributed by atoms with van der Waals surface area (Å²) in [6.07, 6.45) is -0.577. The number of aliphatic carboxylic acids is 1. The Morgan fingerprint density at radius 1 is 0.977 bits per heavy atom. The van der Waals surface area contributed by atoms with E-state index in [1.54, 1.807) is 0 Å². The Hall–Kier alpha value is -3.98. The summed E-state index contributed by atoms with van der Waals surface area (Å²) in [6, 6.07) is 21.4. The maximum Gasteiger partial charge on any atom is 0.407 e. The summed E-state index contributed by atoms with van der Waals surface area (Å²) in [5.41, 5.74) is 4.83. The van der Waals surface area contributed by atoms with Crippen LogP contribution in [0.5, 0.6) is 5.75 Å². The largest absolute Gasteiger partial charge is 0.488 e. The lowest BCUT2D eigenvalue weighted by Gasteiger charge is -2.36. The summed E-state index contributed by atoms with van der Waals surface area (Å²) < 4.78 is 11.7. The molecule has 0 saturated carbocycles. The lowest BCUT2D eigenvalue weighted by Crippen LogP contribution is -2.57. The van der Waals surface area contributed by atoms with Gasteiger partial charge in [0, 0.05) is 18.1 Å². The highest BCUT2D eigenvalue weighted by molar-refractivity contribution is 8.00. The molecule has 5 rings (SSSR count). The molecule has 226 valence electrons. The zero-order chi connectivity index (χ0) is 30.9. The summed E-state index contributed by atoms with van der Waals surface area (Å²) in [4.78, 5) is 40.0. The zero-order valence-electron chi connectivity index (χ0n) is 25.1. The van der Waals surface area contributed by atoms with Crippen LogP contribution in [0.25, 0.3) is 11.1 Å². The van der Waals surface area contributed by atoms with Crippen LogP contribution >= 0.6 is 11.8 Å². The average Bonchev–Trinajstić information content (AvgIpc) is 3.45. The predicted molar refractivity (Wildman–Crippen MR) is 167 cm³/mol. The number of nitrogens with one attached hydrogen (secondary N) is 1. The topological polar surface area (TPSA) is 105 Å². The first kappa shape index (κ1) is 30.5. The first-order valence-electron chi connectivity index (χ1n) is 14.4. The van der Waals surface area contributed by atoms with Crippen molar-refractivity contribution < 1.29 is 29.0 Å². The Morgan fingerprint density at radius 2 is 1.56 bits per heavy atom. The van der Waals surface area contributed by atoms with E-state index >= 15 is 0 Å². The van der Waals surface area contributed by atoms with Gasteiger partial charge < -0.3 is 24.8 Å². The molecule has 1 aliphatic heterocycles. The smallest absolute Gasteiger partial charge is 0.407 e. The van der Waals surface area contributed by atoms with E-state index in [-0.39, 0.29) is 30.3 Å². The highest BCUT2D eigenvalue weighted by Crippen LogP contribution is 2.44. The van der Waals surface area contributed by atoms with Crippen LogP contribution in [0, 0.1) is 0 Å². The van der Waals surface area contributed by atoms with E-state index < -0.39 is 34.9 Å². The fourth-order valence-electron chi connectivity index (χ4n) is 5.84. The number of carboxylic acids is 1. The van der Waals surface area contributed by atoms with E-state index in [0.29, 0.717) is 5.75 Å². The Morgan fingerprint density at radius 3 is 2.12 bits per heavy atom. The SMILES string of the molecule is CC(C)(C)Oc1ccc(C[C@H](NC(=O)OCC2c3ccccc3-c3ccccc32)C(=O)N2[C@H](C(=O)O)CSC2(C)C)cc1. The second kappa shape index (κ2) is 12.0. The third kappa shape index (κ3) is 6.67. The van der Waals surface area contributed by atoms with Crippen molar-refractivity contribution in [2.75, 3.05) is 12.4 Å². The maximum absolute atomic E-state index is 14.0. The lowest BCUT2D eigenvalue weighted by molar-refractivity contribution is -0.151. The number of hydrogen-bond acceptors (Lipinski definition) is 6. The maximum atomic E-state index is 14.0. The molecule has 8 nitrogen and oxygen atoms in total. The minimum atomic E-state index is -1.07. The van der Waals surface area contributed by atoms with Crippen LogP contribution in [0.4, 0.5) is 4.79 Å². The molecule has 0 aromatic heterocycles. The molecule has 0 bridgehead atoms. The number of alkyl carbamates (subject to hydrolysis) is 1. The van der Waals surface area contributed by atoms with Crippen LogP contribution in [0.1, 0.15) is 57.2 Å². The van der Waals surface area contributed by atoms with E-state index in [1.807, 2.05) is 95.3 Å². The van der Waals surface area contributed by atoms with Gasteiger partial charge in [0.05, 0.1) is 4.87 Å². The number of hydrogen-bond donors (Lipinski definition) is 2. The van der Waals surface area contributed by atoms with E-state index in [1.165, 1.54) is 16.7 Å². The number of fused-ring (bicyclic) bond motifs is 3. The van der Waals surface area contributed by atoms with Gasteiger partial charge in [0.2, 0.25) is 5.91 Å². The van der Waals surface area contributed by atoms with Gasteiger partial charge >= 0.3 is 12.1 Å². The van der Waals surface area contributed by atoms with Crippen molar-refractivity contribution in [1.82, 2.24) is 10.2 Å². The van der Waals surface area contributed by atoms with Crippen molar-refractivity contribution in [3.8, 4) is 16.9 Å². The quantitative estimate of drug-likeness (QED) is 0.322. The summed E-state index contributed by atoms with van der Waals surface area (Å²) >= 11 is 1.40. The van der Waals surface area contributed by atoms with Crippen LogP contribution in [-0.4, -0.2) is 62.9 Å². The summed E-state index contributed by atoms with van der Waals surface area (Å²) in [7, 11) is 0. The highest BCUT2D eigenvalue weighted by Gasteiger charge is 2.48. The molecule has 2 aliphatic rings. The van der Waals surface area contributed by atoms with Crippen LogP contribution in [-0.2, 0) is 20.7 Å². The molecule has 2 atom stereocenters. The number of benzene rings is 3. The number of nitrogens with zero attached hydrogens (tertiary/aromatic N) is 1. The minimum Gasteiger partial charge on any atom is -0.488 e. The molecule has 1 aliphatic carbocycles. The van der Waals surface area contributed by atoms with E-state index in [0.717, 1.165) is 27.8 Å². The highest BCUT2D eigenvalue weighted by atomic mass is 32.2. The van der Waals surface area contributed by atoms with Gasteiger partial charge in [0.25, 0.3) is 0 Å². The van der Waals surface area contributed by atoms with Gasteiger partial charge in [-0.3, -0.25) is 4.79 Å². The Balaban J connectivity index is 1.35. The number of carbonyl (C=O) groups is 3. The van der Waals surface area contributed by atoms with Crippen LogP contribution in [0.15, 0.2) is 72.8 Å². The molecule has 0 spiro atoms. The number of carbonyl (C=O) groups excluding carboxylic acids is 2. The van der Waals surface area contributed by atoms with E-state index in [2.05, 4.69) is 17.4 Å². The van der Waals surface area contributed by atoms with Gasteiger partial charge in [-0.05, 0) is 74.6 Å². The normalized spacial score (nSPS) is 18.0. The molecule has 0 radical (unpaired) electrons. The van der Waals surface area contributed by atoms with Gasteiger partial charge in [-0.25, -0.2) is 9.59 Å². The molecule has 1 heterocycles. The molecule has 0 unspecified atom stereocenters. The monoisotopic (exact) mass is 602 g/mol. The number of thioether (sulfide) groups is 1. The first-order chi connectivity index (χ1) is 20.3. The molecule has 43 heavy (non-hydrogen) atoms. The zero-order valence-corrected chi connectivity index (χ0v) is 25.9. The van der Waals surface area contributed by atoms with Crippen molar-refractivity contribution in [3.05, 3.63) is 89.5 Å². The van der Waals surface area contributed by atoms with Gasteiger partial charge in [-0.1, -0.05) is 60.7 Å². The second-order valence-electron chi connectivity index (χ2n) is 12.4. The summed E-state index contributed by atoms with van der Waals surface area (Å²) in [6.45, 7) is 9.62. The number of amides is 2. The van der Waals surface area contributed by atoms with Crippen molar-refractivity contribution in [3.63, 3.8) is 0 Å². The molecule has 1 fully saturated rings. The van der Waals surface area contributed by atoms with Gasteiger partial charge in [0.15, 0.2) is 0 Å². The third-order valence-corrected chi connectivity index (χ3v) is 9.12. The molecule has 2 amide bonds. The molecular formula is C34H38N2O6S.